The molecule has 1 N–H and O–H groups in total. The van der Waals surface area contributed by atoms with Crippen LogP contribution in [0.25, 0.3) is 0 Å². The summed E-state index contributed by atoms with van der Waals surface area (Å²) in [5.41, 5.74) is 0.984. The van der Waals surface area contributed by atoms with Gasteiger partial charge in [-0.15, -0.1) is 10.2 Å². The topological polar surface area (TPSA) is 98.6 Å². The number of hydrogen-bond acceptors (Lipinski definition) is 7. The van der Waals surface area contributed by atoms with Crippen molar-refractivity contribution in [2.45, 2.75) is 39.4 Å². The van der Waals surface area contributed by atoms with Crippen LogP contribution in [0.1, 0.15) is 37.1 Å². The van der Waals surface area contributed by atoms with Gasteiger partial charge >= 0.3 is 0 Å². The third-order valence-corrected chi connectivity index (χ3v) is 6.40. The molecule has 9 nitrogen and oxygen atoms in total. The number of nitrogens with zero attached hydrogens (tertiary/aromatic N) is 4. The van der Waals surface area contributed by atoms with E-state index < -0.39 is 16.1 Å². The molecule has 0 spiro atoms. The molecule has 4 rings (SSSR count). The fourth-order valence-corrected chi connectivity index (χ4v) is 4.87. The number of nitrogens with one attached hydrogen (secondary N) is 1. The van der Waals surface area contributed by atoms with E-state index in [1.54, 1.807) is 6.07 Å². The van der Waals surface area contributed by atoms with Gasteiger partial charge in [-0.05, 0) is 17.5 Å². The number of hydrogen-bond donors (Lipinski definition) is 1. The first-order valence-electron chi connectivity index (χ1n) is 9.91. The van der Waals surface area contributed by atoms with Gasteiger partial charge in [-0.3, -0.25) is 4.90 Å². The molecule has 0 fully saturated rings. The van der Waals surface area contributed by atoms with Crippen molar-refractivity contribution >= 4 is 21.6 Å². The summed E-state index contributed by atoms with van der Waals surface area (Å²) in [5, 5.41) is 9.32. The minimum Gasteiger partial charge on any atom is -0.454 e. The number of aromatic nitrogens is 3. The van der Waals surface area contributed by atoms with Crippen LogP contribution in [0.4, 0.5) is 0 Å². The van der Waals surface area contributed by atoms with Crippen LogP contribution in [-0.2, 0) is 29.5 Å². The zero-order valence-electron chi connectivity index (χ0n) is 17.3. The number of halogens is 1. The third kappa shape index (κ3) is 4.56. The molecule has 164 valence electrons. The normalized spacial score (nSPS) is 17.8. The van der Waals surface area contributed by atoms with Crippen LogP contribution in [0, 0.1) is 5.92 Å². The van der Waals surface area contributed by atoms with E-state index in [1.807, 2.05) is 24.5 Å². The second kappa shape index (κ2) is 8.33. The molecule has 1 aromatic carbocycles. The van der Waals surface area contributed by atoms with Gasteiger partial charge in [-0.1, -0.05) is 25.4 Å². The van der Waals surface area contributed by atoms with Gasteiger partial charge in [0.25, 0.3) is 0 Å². The predicted octanol–water partition coefficient (Wildman–Crippen LogP) is 1.96. The Morgan fingerprint density at radius 1 is 1.17 bits per heavy atom. The Morgan fingerprint density at radius 2 is 1.90 bits per heavy atom. The number of sulfonamides is 1. The first kappa shape index (κ1) is 21.4. The smallest absolute Gasteiger partial charge is 0.231 e. The molecular formula is C19H26ClN5O4S. The largest absolute Gasteiger partial charge is 0.454 e. The van der Waals surface area contributed by atoms with E-state index in [4.69, 9.17) is 21.1 Å². The summed E-state index contributed by atoms with van der Waals surface area (Å²) in [4.78, 5) is 2.30. The van der Waals surface area contributed by atoms with Crippen LogP contribution in [0.15, 0.2) is 12.1 Å². The molecule has 0 saturated carbocycles. The fraction of sp³-hybridized carbons (Fsp3) is 0.579. The second-order valence-corrected chi connectivity index (χ2v) is 10.2. The van der Waals surface area contributed by atoms with Crippen molar-refractivity contribution in [1.29, 1.82) is 0 Å². The zero-order valence-corrected chi connectivity index (χ0v) is 18.8. The van der Waals surface area contributed by atoms with Crippen molar-refractivity contribution in [3.63, 3.8) is 0 Å². The Labute approximate surface area is 181 Å². The first-order chi connectivity index (χ1) is 14.2. The summed E-state index contributed by atoms with van der Waals surface area (Å²) in [5.74, 6) is 2.96. The minimum atomic E-state index is -3.37. The summed E-state index contributed by atoms with van der Waals surface area (Å²) < 4.78 is 39.3. The lowest BCUT2D eigenvalue weighted by molar-refractivity contribution is 0.174. The summed E-state index contributed by atoms with van der Waals surface area (Å²) >= 11 is 6.44. The lowest BCUT2D eigenvalue weighted by Gasteiger charge is -2.23. The SMILES string of the molecule is CC(C)[C@H](NS(C)(=O)=O)c1nnc2n1CCN(Cc1cc3c(cc1Cl)OCO3)CC2. The van der Waals surface area contributed by atoms with E-state index in [0.717, 1.165) is 36.6 Å². The molecule has 0 aliphatic carbocycles. The molecule has 11 heteroatoms. The predicted molar refractivity (Wildman–Crippen MR) is 112 cm³/mol. The average molecular weight is 456 g/mol. The molecule has 2 aliphatic heterocycles. The molecule has 0 saturated heterocycles. The van der Waals surface area contributed by atoms with Gasteiger partial charge in [0.1, 0.15) is 5.82 Å². The van der Waals surface area contributed by atoms with Crippen molar-refractivity contribution in [3.05, 3.63) is 34.4 Å². The Balaban J connectivity index is 1.51. The van der Waals surface area contributed by atoms with Crippen molar-refractivity contribution in [3.8, 4) is 11.5 Å². The lowest BCUT2D eigenvalue weighted by Crippen LogP contribution is -2.33. The van der Waals surface area contributed by atoms with Crippen LogP contribution < -0.4 is 14.2 Å². The van der Waals surface area contributed by atoms with Crippen molar-refractivity contribution in [2.24, 2.45) is 5.92 Å². The van der Waals surface area contributed by atoms with E-state index in [2.05, 4.69) is 19.8 Å². The second-order valence-electron chi connectivity index (χ2n) is 8.06. The molecule has 0 unspecified atom stereocenters. The fourth-order valence-electron chi connectivity index (χ4n) is 3.82. The maximum atomic E-state index is 11.8. The standard InChI is InChI=1S/C19H26ClN5O4S/c1-12(2)18(23-30(3,26)27)19-22-21-17-4-5-24(6-7-25(17)19)10-13-8-15-16(9-14(13)20)29-11-28-15/h8-9,12,18,23H,4-7,10-11H2,1-3H3/t18-/m0/s1. The van der Waals surface area contributed by atoms with Gasteiger partial charge in [-0.2, -0.15) is 0 Å². The molecule has 1 aromatic heterocycles. The quantitative estimate of drug-likeness (QED) is 0.710. The Morgan fingerprint density at radius 3 is 2.60 bits per heavy atom. The van der Waals surface area contributed by atoms with Crippen molar-refractivity contribution in [2.75, 3.05) is 26.1 Å². The Kier molecular flexibility index (Phi) is 5.93. The molecule has 1 atom stereocenters. The molecule has 0 radical (unpaired) electrons. The highest BCUT2D eigenvalue weighted by Crippen LogP contribution is 2.37. The number of benzene rings is 1. The van der Waals surface area contributed by atoms with Crippen molar-refractivity contribution in [1.82, 2.24) is 24.4 Å². The highest BCUT2D eigenvalue weighted by atomic mass is 35.5. The molecule has 0 bridgehead atoms. The molecule has 2 aliphatic rings. The number of rotatable bonds is 6. The van der Waals surface area contributed by atoms with E-state index in [1.165, 1.54) is 6.26 Å². The summed E-state index contributed by atoms with van der Waals surface area (Å²) in [6.45, 7) is 7.08. The summed E-state index contributed by atoms with van der Waals surface area (Å²) in [6.07, 6.45) is 1.89. The van der Waals surface area contributed by atoms with Gasteiger partial charge in [0.05, 0.1) is 12.3 Å². The van der Waals surface area contributed by atoms with E-state index in [9.17, 15) is 8.42 Å². The van der Waals surface area contributed by atoms with E-state index >= 15 is 0 Å². The highest BCUT2D eigenvalue weighted by Gasteiger charge is 2.28. The highest BCUT2D eigenvalue weighted by molar-refractivity contribution is 7.88. The van der Waals surface area contributed by atoms with Crippen LogP contribution in [-0.4, -0.2) is 54.2 Å². The maximum Gasteiger partial charge on any atom is 0.231 e. The van der Waals surface area contributed by atoms with Gasteiger partial charge in [0.15, 0.2) is 17.3 Å². The lowest BCUT2D eigenvalue weighted by atomic mass is 10.1. The molecule has 3 heterocycles. The van der Waals surface area contributed by atoms with E-state index in [-0.39, 0.29) is 12.7 Å². The average Bonchev–Trinajstić information content (AvgIpc) is 3.22. The van der Waals surface area contributed by atoms with Gasteiger partial charge < -0.3 is 14.0 Å². The van der Waals surface area contributed by atoms with Crippen LogP contribution in [0.3, 0.4) is 0 Å². The van der Waals surface area contributed by atoms with Crippen LogP contribution in [0.5, 0.6) is 11.5 Å². The molecular weight excluding hydrogens is 430 g/mol. The number of fused-ring (bicyclic) bond motifs is 2. The Bertz CT molecular complexity index is 1040. The minimum absolute atomic E-state index is 0.0415. The van der Waals surface area contributed by atoms with Crippen molar-refractivity contribution < 1.29 is 17.9 Å². The van der Waals surface area contributed by atoms with Gasteiger partial charge in [0, 0.05) is 43.7 Å². The molecule has 2 aromatic rings. The zero-order chi connectivity index (χ0) is 21.5. The Hall–Kier alpha value is -1.88. The first-order valence-corrected chi connectivity index (χ1v) is 12.2. The van der Waals surface area contributed by atoms with Crippen LogP contribution in [0.2, 0.25) is 5.02 Å². The number of ether oxygens (including phenoxy) is 2. The third-order valence-electron chi connectivity index (χ3n) is 5.37. The summed E-state index contributed by atoms with van der Waals surface area (Å²) in [7, 11) is -3.37. The monoisotopic (exact) mass is 455 g/mol. The van der Waals surface area contributed by atoms with Crippen LogP contribution >= 0.6 is 11.6 Å². The van der Waals surface area contributed by atoms with Gasteiger partial charge in [0.2, 0.25) is 16.8 Å². The van der Waals surface area contributed by atoms with Gasteiger partial charge in [-0.25, -0.2) is 13.1 Å². The maximum absolute atomic E-state index is 11.8. The molecule has 30 heavy (non-hydrogen) atoms. The molecule has 0 amide bonds. The summed E-state index contributed by atoms with van der Waals surface area (Å²) in [6, 6.07) is 3.32. The van der Waals surface area contributed by atoms with E-state index in [0.29, 0.717) is 29.7 Å².